The molecule has 3 aromatic rings. The molecule has 4 nitrogen and oxygen atoms in total. The lowest BCUT2D eigenvalue weighted by molar-refractivity contribution is 0.0432. The van der Waals surface area contributed by atoms with Gasteiger partial charge in [-0.3, -0.25) is 0 Å². The molecule has 0 aliphatic heterocycles. The number of hydrogen-bond acceptors (Lipinski definition) is 4. The zero-order valence-electron chi connectivity index (χ0n) is 12.5. The third-order valence-corrected chi connectivity index (χ3v) is 3.92. The Morgan fingerprint density at radius 1 is 1.13 bits per heavy atom. The minimum Gasteiger partial charge on any atom is -0.455 e. The number of furan rings is 1. The first-order valence-corrected chi connectivity index (χ1v) is 7.89. The van der Waals surface area contributed by atoms with Gasteiger partial charge >= 0.3 is 5.97 Å². The fourth-order valence-corrected chi connectivity index (χ4v) is 2.84. The first-order chi connectivity index (χ1) is 11.2. The Morgan fingerprint density at radius 3 is 2.74 bits per heavy atom. The summed E-state index contributed by atoms with van der Waals surface area (Å²) in [4.78, 5) is 12.4. The molecule has 0 atom stereocenters. The molecule has 0 unspecified atom stereocenters. The summed E-state index contributed by atoms with van der Waals surface area (Å²) >= 11 is 3.39. The quantitative estimate of drug-likeness (QED) is 0.607. The molecule has 0 aliphatic carbocycles. The van der Waals surface area contributed by atoms with E-state index in [1.54, 1.807) is 7.11 Å². The molecule has 23 heavy (non-hydrogen) atoms. The Morgan fingerprint density at radius 2 is 1.96 bits per heavy atom. The van der Waals surface area contributed by atoms with Crippen molar-refractivity contribution in [1.82, 2.24) is 0 Å². The Kier molecular flexibility index (Phi) is 4.79. The van der Waals surface area contributed by atoms with E-state index >= 15 is 0 Å². The van der Waals surface area contributed by atoms with Gasteiger partial charge in [0.25, 0.3) is 0 Å². The lowest BCUT2D eigenvalue weighted by atomic mass is 10.1. The van der Waals surface area contributed by atoms with E-state index in [0.29, 0.717) is 17.8 Å². The van der Waals surface area contributed by atoms with Gasteiger partial charge in [0.2, 0.25) is 5.76 Å². The predicted octanol–water partition coefficient (Wildman–Crippen LogP) is 4.70. The molecule has 1 aromatic heterocycles. The van der Waals surface area contributed by atoms with Crippen molar-refractivity contribution in [1.29, 1.82) is 0 Å². The van der Waals surface area contributed by atoms with Crippen molar-refractivity contribution in [2.75, 3.05) is 7.11 Å². The lowest BCUT2D eigenvalue weighted by Crippen LogP contribution is -2.07. The van der Waals surface area contributed by atoms with Crippen LogP contribution in [-0.4, -0.2) is 13.1 Å². The molecule has 0 spiro atoms. The number of para-hydroxylation sites is 1. The fourth-order valence-electron chi connectivity index (χ4n) is 2.39. The number of carbonyl (C=O) groups excluding carboxylic acids is 1. The molecule has 118 valence electrons. The Labute approximate surface area is 142 Å². The van der Waals surface area contributed by atoms with Crippen LogP contribution in [0.4, 0.5) is 0 Å². The summed E-state index contributed by atoms with van der Waals surface area (Å²) in [6.07, 6.45) is 0. The van der Waals surface area contributed by atoms with Gasteiger partial charge in [-0.05, 0) is 23.8 Å². The van der Waals surface area contributed by atoms with Crippen molar-refractivity contribution >= 4 is 32.9 Å². The highest BCUT2D eigenvalue weighted by Crippen LogP contribution is 2.27. The van der Waals surface area contributed by atoms with Gasteiger partial charge in [0.15, 0.2) is 0 Å². The van der Waals surface area contributed by atoms with Crippen LogP contribution in [0, 0.1) is 0 Å². The van der Waals surface area contributed by atoms with Crippen molar-refractivity contribution in [2.45, 2.75) is 13.2 Å². The van der Waals surface area contributed by atoms with Gasteiger partial charge in [0, 0.05) is 22.5 Å². The molecule has 0 N–H and O–H groups in total. The van der Waals surface area contributed by atoms with Gasteiger partial charge in [-0.15, -0.1) is 0 Å². The van der Waals surface area contributed by atoms with E-state index in [4.69, 9.17) is 13.9 Å². The number of hydrogen-bond donors (Lipinski definition) is 0. The topological polar surface area (TPSA) is 48.7 Å². The van der Waals surface area contributed by atoms with Crippen LogP contribution in [0.2, 0.25) is 0 Å². The molecule has 0 bridgehead atoms. The number of ether oxygens (including phenoxy) is 2. The predicted molar refractivity (Wildman–Crippen MR) is 90.2 cm³/mol. The zero-order valence-corrected chi connectivity index (χ0v) is 14.1. The first kappa shape index (κ1) is 15.8. The molecule has 0 fully saturated rings. The Bertz CT molecular complexity index is 838. The second-order valence-electron chi connectivity index (χ2n) is 5.04. The summed E-state index contributed by atoms with van der Waals surface area (Å²) in [7, 11) is 1.58. The van der Waals surface area contributed by atoms with Crippen molar-refractivity contribution in [3.63, 3.8) is 0 Å². The van der Waals surface area contributed by atoms with Gasteiger partial charge in [-0.25, -0.2) is 4.79 Å². The van der Waals surface area contributed by atoms with Crippen LogP contribution < -0.4 is 0 Å². The fraction of sp³-hybridized carbons (Fsp3) is 0.167. The van der Waals surface area contributed by atoms with Gasteiger partial charge in [0.05, 0.1) is 6.61 Å². The van der Waals surface area contributed by atoms with E-state index in [1.165, 1.54) is 0 Å². The molecule has 0 saturated carbocycles. The highest BCUT2D eigenvalue weighted by molar-refractivity contribution is 9.10. The average molecular weight is 375 g/mol. The molecule has 2 aromatic carbocycles. The van der Waals surface area contributed by atoms with Crippen LogP contribution in [0.5, 0.6) is 0 Å². The SMILES string of the molecule is COCc1c(C(=O)OCc2cccc(Br)c2)oc2ccccc12. The number of methoxy groups -OCH3 is 1. The zero-order chi connectivity index (χ0) is 16.2. The van der Waals surface area contributed by atoms with Crippen LogP contribution >= 0.6 is 15.9 Å². The first-order valence-electron chi connectivity index (χ1n) is 7.10. The summed E-state index contributed by atoms with van der Waals surface area (Å²) in [6, 6.07) is 15.1. The third-order valence-electron chi connectivity index (χ3n) is 3.43. The Hall–Kier alpha value is -2.11. The highest BCUT2D eigenvalue weighted by atomic mass is 79.9. The normalized spacial score (nSPS) is 10.9. The van der Waals surface area contributed by atoms with Crippen molar-refractivity contribution in [3.05, 3.63) is 69.9 Å². The smallest absolute Gasteiger partial charge is 0.374 e. The highest BCUT2D eigenvalue weighted by Gasteiger charge is 2.21. The summed E-state index contributed by atoms with van der Waals surface area (Å²) < 4.78 is 17.2. The van der Waals surface area contributed by atoms with E-state index in [2.05, 4.69) is 15.9 Å². The summed E-state index contributed by atoms with van der Waals surface area (Å²) in [6.45, 7) is 0.472. The van der Waals surface area contributed by atoms with Gasteiger partial charge in [-0.2, -0.15) is 0 Å². The monoisotopic (exact) mass is 374 g/mol. The van der Waals surface area contributed by atoms with E-state index in [9.17, 15) is 4.79 Å². The molecule has 0 amide bonds. The second-order valence-corrected chi connectivity index (χ2v) is 5.96. The minimum atomic E-state index is -0.492. The molecule has 1 heterocycles. The van der Waals surface area contributed by atoms with Crippen LogP contribution in [0.1, 0.15) is 21.7 Å². The van der Waals surface area contributed by atoms with E-state index < -0.39 is 5.97 Å². The molecule has 0 saturated heterocycles. The molecule has 0 aliphatic rings. The maximum absolute atomic E-state index is 12.4. The number of esters is 1. The van der Waals surface area contributed by atoms with Crippen LogP contribution in [0.25, 0.3) is 11.0 Å². The van der Waals surface area contributed by atoms with E-state index in [0.717, 1.165) is 15.4 Å². The number of fused-ring (bicyclic) bond motifs is 1. The van der Waals surface area contributed by atoms with Crippen molar-refractivity contribution in [2.24, 2.45) is 0 Å². The van der Waals surface area contributed by atoms with Crippen LogP contribution in [0.3, 0.4) is 0 Å². The summed E-state index contributed by atoms with van der Waals surface area (Å²) in [5, 5.41) is 0.865. The molecule has 5 heteroatoms. The second kappa shape index (κ2) is 6.98. The largest absolute Gasteiger partial charge is 0.455 e. The number of carbonyl (C=O) groups is 1. The minimum absolute atomic E-state index is 0.182. The van der Waals surface area contributed by atoms with Crippen molar-refractivity contribution < 1.29 is 18.7 Å². The molecular formula is C18H15BrO4. The van der Waals surface area contributed by atoms with Crippen LogP contribution in [-0.2, 0) is 22.7 Å². The summed E-state index contributed by atoms with van der Waals surface area (Å²) in [5.41, 5.74) is 2.26. The maximum Gasteiger partial charge on any atom is 0.374 e. The molecular weight excluding hydrogens is 360 g/mol. The van der Waals surface area contributed by atoms with Crippen LogP contribution in [0.15, 0.2) is 57.4 Å². The lowest BCUT2D eigenvalue weighted by Gasteiger charge is -2.05. The Balaban J connectivity index is 1.84. The van der Waals surface area contributed by atoms with E-state index in [1.807, 2.05) is 48.5 Å². The number of rotatable bonds is 5. The van der Waals surface area contributed by atoms with Gasteiger partial charge < -0.3 is 13.9 Å². The van der Waals surface area contributed by atoms with Crippen molar-refractivity contribution in [3.8, 4) is 0 Å². The molecule has 3 rings (SSSR count). The standard InChI is InChI=1S/C18H15BrO4/c1-21-11-15-14-7-2-3-8-16(14)23-17(15)18(20)22-10-12-5-4-6-13(19)9-12/h2-9H,10-11H2,1H3. The number of halogens is 1. The maximum atomic E-state index is 12.4. The van der Waals surface area contributed by atoms with Gasteiger partial charge in [0.1, 0.15) is 12.2 Å². The average Bonchev–Trinajstić information content (AvgIpc) is 2.92. The van der Waals surface area contributed by atoms with E-state index in [-0.39, 0.29) is 12.4 Å². The number of benzene rings is 2. The third kappa shape index (κ3) is 3.46. The summed E-state index contributed by atoms with van der Waals surface area (Å²) in [5.74, 6) is -0.295. The van der Waals surface area contributed by atoms with Gasteiger partial charge in [-0.1, -0.05) is 46.3 Å². The molecule has 0 radical (unpaired) electrons.